The summed E-state index contributed by atoms with van der Waals surface area (Å²) in [6.45, 7) is 2.86. The van der Waals surface area contributed by atoms with Crippen LogP contribution >= 0.6 is 0 Å². The van der Waals surface area contributed by atoms with Gasteiger partial charge in [0.15, 0.2) is 11.6 Å². The van der Waals surface area contributed by atoms with Crippen molar-refractivity contribution in [1.29, 1.82) is 0 Å². The summed E-state index contributed by atoms with van der Waals surface area (Å²) in [5.41, 5.74) is 1.79. The minimum atomic E-state index is -1.06. The van der Waals surface area contributed by atoms with Gasteiger partial charge in [-0.15, -0.1) is 0 Å². The molecule has 41 heavy (non-hydrogen) atoms. The van der Waals surface area contributed by atoms with Crippen LogP contribution in [-0.4, -0.2) is 70.8 Å². The topological polar surface area (TPSA) is 223 Å². The molecule has 0 aliphatic rings. The van der Waals surface area contributed by atoms with E-state index in [1.165, 1.54) is 70.5 Å². The van der Waals surface area contributed by atoms with E-state index < -0.39 is 23.9 Å². The maximum absolute atomic E-state index is 11.1. The Kier molecular flexibility index (Phi) is 20.3. The van der Waals surface area contributed by atoms with Gasteiger partial charge in [0.25, 0.3) is 0 Å². The molecule has 0 spiro atoms. The van der Waals surface area contributed by atoms with Gasteiger partial charge in [0.05, 0.1) is 36.5 Å². The molecule has 0 saturated heterocycles. The second-order valence-electron chi connectivity index (χ2n) is 7.45. The van der Waals surface area contributed by atoms with E-state index >= 15 is 0 Å². The predicted octanol–water partition coefficient (Wildman–Crippen LogP) is 0.437. The third-order valence-electron chi connectivity index (χ3n) is 4.74. The molecule has 0 radical (unpaired) electrons. The molecular formula is C28H29LiO12. The number of Topliss-reactive ketones (excluding diaryl/α,β-unsaturated/α-hetero) is 2. The maximum atomic E-state index is 11.1. The van der Waals surface area contributed by atoms with Crippen molar-refractivity contribution in [3.05, 3.63) is 106 Å². The molecule has 5 N–H and O–H groups in total. The van der Waals surface area contributed by atoms with Gasteiger partial charge in [0.1, 0.15) is 0 Å². The summed E-state index contributed by atoms with van der Waals surface area (Å²) >= 11 is 0. The zero-order valence-electron chi connectivity index (χ0n) is 23.0. The second-order valence-corrected chi connectivity index (χ2v) is 7.45. The Bertz CT molecular complexity index is 1250. The van der Waals surface area contributed by atoms with Crippen LogP contribution in [-0.2, 0) is 9.47 Å². The van der Waals surface area contributed by atoms with Gasteiger partial charge in [-0.05, 0) is 56.3 Å². The number of aromatic carboxylic acids is 2. The summed E-state index contributed by atoms with van der Waals surface area (Å²) in [5.74, 6) is -3.24. The Morgan fingerprint density at radius 2 is 0.780 bits per heavy atom. The van der Waals surface area contributed by atoms with Crippen molar-refractivity contribution in [2.45, 2.75) is 13.8 Å². The molecule has 3 aromatic rings. The zero-order valence-corrected chi connectivity index (χ0v) is 23.0. The van der Waals surface area contributed by atoms with Gasteiger partial charge in [0.2, 0.25) is 0 Å². The quantitative estimate of drug-likeness (QED) is 0.237. The summed E-state index contributed by atoms with van der Waals surface area (Å²) in [6, 6.07) is 18.1. The minimum absolute atomic E-state index is 0. The predicted molar refractivity (Wildman–Crippen MR) is 141 cm³/mol. The van der Waals surface area contributed by atoms with E-state index in [1.54, 1.807) is 30.3 Å². The third-order valence-corrected chi connectivity index (χ3v) is 4.74. The van der Waals surface area contributed by atoms with Gasteiger partial charge in [-0.1, -0.05) is 30.3 Å². The molecule has 0 saturated carbocycles. The first-order chi connectivity index (χ1) is 17.9. The second kappa shape index (κ2) is 20.3. The number of ketones is 2. The molecule has 0 atom stereocenters. The van der Waals surface area contributed by atoms with Crippen LogP contribution in [0.4, 0.5) is 0 Å². The van der Waals surface area contributed by atoms with Crippen LogP contribution in [0.1, 0.15) is 76.0 Å². The third kappa shape index (κ3) is 13.8. The van der Waals surface area contributed by atoms with E-state index in [2.05, 4.69) is 9.47 Å². The van der Waals surface area contributed by atoms with E-state index in [4.69, 9.17) is 10.2 Å². The Hall–Kier alpha value is -4.60. The van der Waals surface area contributed by atoms with Gasteiger partial charge in [-0.25, -0.2) is 19.2 Å². The fourth-order valence-corrected chi connectivity index (χ4v) is 2.75. The van der Waals surface area contributed by atoms with Crippen molar-refractivity contribution < 1.29 is 78.3 Å². The number of carboxylic acids is 2. The number of esters is 2. The summed E-state index contributed by atoms with van der Waals surface area (Å²) in [6.07, 6.45) is 0. The van der Waals surface area contributed by atoms with E-state index in [0.717, 1.165) is 0 Å². The molecule has 0 fully saturated rings. The van der Waals surface area contributed by atoms with Crippen molar-refractivity contribution in [3.8, 4) is 0 Å². The molecule has 0 aliphatic carbocycles. The zero-order chi connectivity index (χ0) is 28.8. The number of rotatable bonds is 6. The summed E-state index contributed by atoms with van der Waals surface area (Å²) < 4.78 is 8.96. The molecule has 0 aromatic heterocycles. The molecule has 12 nitrogen and oxygen atoms in total. The Labute approximate surface area is 247 Å². The fourth-order valence-electron chi connectivity index (χ4n) is 2.75. The van der Waals surface area contributed by atoms with Gasteiger partial charge < -0.3 is 30.6 Å². The van der Waals surface area contributed by atoms with Crippen molar-refractivity contribution in [3.63, 3.8) is 0 Å². The number of ether oxygens (including phenoxy) is 2. The first-order valence-electron chi connectivity index (χ1n) is 10.9. The smallest absolute Gasteiger partial charge is 0.870 e. The van der Waals surface area contributed by atoms with Crippen LogP contribution in [0.2, 0.25) is 0 Å². The van der Waals surface area contributed by atoms with Gasteiger partial charge in [-0.3, -0.25) is 9.59 Å². The largest absolute Gasteiger partial charge is 1.00 e. The number of hydrogen-bond donors (Lipinski definition) is 2. The van der Waals surface area contributed by atoms with Crippen molar-refractivity contribution in [2.24, 2.45) is 0 Å². The number of hydrogen-bond acceptors (Lipinski definition) is 9. The van der Waals surface area contributed by atoms with E-state index in [0.29, 0.717) is 16.7 Å². The summed E-state index contributed by atoms with van der Waals surface area (Å²) in [4.78, 5) is 64.8. The molecule has 0 heterocycles. The van der Waals surface area contributed by atoms with Crippen molar-refractivity contribution >= 4 is 35.4 Å². The number of methoxy groups -OCH3 is 2. The monoisotopic (exact) mass is 564 g/mol. The first kappa shape index (κ1) is 40.9. The molecule has 3 rings (SSSR count). The maximum Gasteiger partial charge on any atom is 1.00 e. The van der Waals surface area contributed by atoms with E-state index in [9.17, 15) is 28.8 Å². The Balaban J connectivity index is -0.000000510. The van der Waals surface area contributed by atoms with Gasteiger partial charge in [0, 0.05) is 11.1 Å². The number of carbonyl (C=O) groups is 6. The average molecular weight is 564 g/mol. The molecule has 0 unspecified atom stereocenters. The molecule has 214 valence electrons. The SMILES string of the molecule is CC(=O)c1cccc(C(=O)O)c1.COC(=O)c1cccc(C(=O)O)c1.COC(=O)c1cccc(C(C)=O)c1.O.[Li+].[OH-]. The molecule has 13 heteroatoms. The molecule has 3 aromatic carbocycles. The molecule has 0 amide bonds. The number of benzene rings is 3. The van der Waals surface area contributed by atoms with E-state index in [-0.39, 0.29) is 58.1 Å². The number of carboxylic acid groups (broad SMARTS) is 2. The van der Waals surface area contributed by atoms with Crippen LogP contribution in [0.5, 0.6) is 0 Å². The minimum Gasteiger partial charge on any atom is -0.870 e. The van der Waals surface area contributed by atoms with Crippen molar-refractivity contribution in [1.82, 2.24) is 0 Å². The summed E-state index contributed by atoms with van der Waals surface area (Å²) in [5, 5.41) is 17.2. The fraction of sp³-hybridized carbons (Fsp3) is 0.143. The Morgan fingerprint density at radius 3 is 1.05 bits per heavy atom. The summed E-state index contributed by atoms with van der Waals surface area (Å²) in [7, 11) is 2.55. The average Bonchev–Trinajstić information content (AvgIpc) is 2.92. The first-order valence-corrected chi connectivity index (χ1v) is 10.9. The molecule has 0 aliphatic heterocycles. The van der Waals surface area contributed by atoms with Crippen LogP contribution in [0, 0.1) is 0 Å². The number of carbonyl (C=O) groups excluding carboxylic acids is 4. The molecular weight excluding hydrogens is 535 g/mol. The Morgan fingerprint density at radius 1 is 0.537 bits per heavy atom. The van der Waals surface area contributed by atoms with E-state index in [1.807, 2.05) is 0 Å². The van der Waals surface area contributed by atoms with Crippen LogP contribution in [0.3, 0.4) is 0 Å². The van der Waals surface area contributed by atoms with Gasteiger partial charge >= 0.3 is 42.7 Å². The van der Waals surface area contributed by atoms with Crippen LogP contribution < -0.4 is 18.9 Å². The normalized spacial score (nSPS) is 8.68. The molecule has 0 bridgehead atoms. The van der Waals surface area contributed by atoms with Crippen LogP contribution in [0.15, 0.2) is 72.8 Å². The van der Waals surface area contributed by atoms with Gasteiger partial charge in [-0.2, -0.15) is 0 Å². The standard InChI is InChI=1S/C10H10O3.C9H8O4.C9H8O3.Li.2H2O/c1-7(11)8-4-3-5-9(6-8)10(12)13-2;1-13-9(12)7-4-2-3-6(5-7)8(10)11;1-6(10)7-3-2-4-8(5-7)9(11)12;;;/h3-6H,1-2H3;2-5H,1H3,(H,10,11);2-5H,1H3,(H,11,12);;2*1H2/q;;;+1;;/p-1. The van der Waals surface area contributed by atoms with Crippen LogP contribution in [0.25, 0.3) is 0 Å². The van der Waals surface area contributed by atoms with Crippen molar-refractivity contribution in [2.75, 3.05) is 14.2 Å².